The SMILES string of the molecule is Cc1ccc(NC(C)C(=O)Nc2ccc3[nH]c(=O)[nH]c3c2)cc1Cl. The summed E-state index contributed by atoms with van der Waals surface area (Å²) in [5, 5.41) is 6.58. The molecule has 0 radical (unpaired) electrons. The Hall–Kier alpha value is -2.73. The number of hydrogen-bond donors (Lipinski definition) is 4. The Morgan fingerprint density at radius 1 is 1.08 bits per heavy atom. The van der Waals surface area contributed by atoms with E-state index in [1.165, 1.54) is 0 Å². The average molecular weight is 345 g/mol. The number of imidazole rings is 1. The van der Waals surface area contributed by atoms with Crippen LogP contribution in [0.5, 0.6) is 0 Å². The van der Waals surface area contributed by atoms with E-state index in [0.717, 1.165) is 11.3 Å². The van der Waals surface area contributed by atoms with E-state index >= 15 is 0 Å². The third-order valence-electron chi connectivity index (χ3n) is 3.73. The maximum Gasteiger partial charge on any atom is 0.323 e. The number of carbonyl (C=O) groups is 1. The molecule has 1 aromatic heterocycles. The molecule has 2 aromatic carbocycles. The molecular weight excluding hydrogens is 328 g/mol. The number of benzene rings is 2. The summed E-state index contributed by atoms with van der Waals surface area (Å²) >= 11 is 6.09. The van der Waals surface area contributed by atoms with Crippen molar-refractivity contribution in [2.24, 2.45) is 0 Å². The number of hydrogen-bond acceptors (Lipinski definition) is 3. The lowest BCUT2D eigenvalue weighted by atomic mass is 10.2. The van der Waals surface area contributed by atoms with E-state index in [1.807, 2.05) is 19.1 Å². The van der Waals surface area contributed by atoms with Gasteiger partial charge in [0.15, 0.2) is 0 Å². The van der Waals surface area contributed by atoms with E-state index in [1.54, 1.807) is 31.2 Å². The van der Waals surface area contributed by atoms with Crippen molar-refractivity contribution in [1.29, 1.82) is 0 Å². The van der Waals surface area contributed by atoms with Gasteiger partial charge in [0.1, 0.15) is 6.04 Å². The molecule has 0 aliphatic carbocycles. The molecule has 1 atom stereocenters. The van der Waals surface area contributed by atoms with Gasteiger partial charge in [0.25, 0.3) is 0 Å². The molecule has 7 heteroatoms. The minimum Gasteiger partial charge on any atom is -0.374 e. The molecule has 4 N–H and O–H groups in total. The zero-order valence-electron chi connectivity index (χ0n) is 13.2. The molecule has 24 heavy (non-hydrogen) atoms. The van der Waals surface area contributed by atoms with Crippen LogP contribution in [0.25, 0.3) is 11.0 Å². The first-order valence-electron chi connectivity index (χ1n) is 7.48. The molecule has 1 heterocycles. The average Bonchev–Trinajstić information content (AvgIpc) is 2.90. The van der Waals surface area contributed by atoms with Crippen molar-refractivity contribution >= 4 is 39.9 Å². The van der Waals surface area contributed by atoms with Gasteiger partial charge in [0, 0.05) is 16.4 Å². The highest BCUT2D eigenvalue weighted by molar-refractivity contribution is 6.31. The highest BCUT2D eigenvalue weighted by Crippen LogP contribution is 2.21. The molecule has 0 saturated carbocycles. The summed E-state index contributed by atoms with van der Waals surface area (Å²) in [5.41, 5.74) is 3.42. The van der Waals surface area contributed by atoms with Crippen LogP contribution in [0.4, 0.5) is 11.4 Å². The first-order valence-corrected chi connectivity index (χ1v) is 7.86. The van der Waals surface area contributed by atoms with Gasteiger partial charge in [0.05, 0.1) is 11.0 Å². The second-order valence-electron chi connectivity index (χ2n) is 5.66. The summed E-state index contributed by atoms with van der Waals surface area (Å²) < 4.78 is 0. The number of anilines is 2. The monoisotopic (exact) mass is 344 g/mol. The zero-order chi connectivity index (χ0) is 17.3. The van der Waals surface area contributed by atoms with Gasteiger partial charge in [-0.1, -0.05) is 17.7 Å². The molecule has 0 saturated heterocycles. The van der Waals surface area contributed by atoms with E-state index in [0.29, 0.717) is 21.7 Å². The van der Waals surface area contributed by atoms with Gasteiger partial charge in [-0.25, -0.2) is 4.79 Å². The third-order valence-corrected chi connectivity index (χ3v) is 4.14. The van der Waals surface area contributed by atoms with E-state index in [9.17, 15) is 9.59 Å². The maximum atomic E-state index is 12.3. The van der Waals surface area contributed by atoms with Gasteiger partial charge in [-0.2, -0.15) is 0 Å². The number of aryl methyl sites for hydroxylation is 1. The lowest BCUT2D eigenvalue weighted by Crippen LogP contribution is -2.31. The summed E-state index contributed by atoms with van der Waals surface area (Å²) in [5.74, 6) is -0.191. The number of amides is 1. The van der Waals surface area contributed by atoms with Crippen molar-refractivity contribution in [3.8, 4) is 0 Å². The van der Waals surface area contributed by atoms with Crippen molar-refractivity contribution in [2.45, 2.75) is 19.9 Å². The van der Waals surface area contributed by atoms with Crippen LogP contribution in [0.3, 0.4) is 0 Å². The van der Waals surface area contributed by atoms with Crippen LogP contribution in [0.2, 0.25) is 5.02 Å². The smallest absolute Gasteiger partial charge is 0.323 e. The molecule has 3 rings (SSSR count). The van der Waals surface area contributed by atoms with Crippen molar-refractivity contribution in [3.63, 3.8) is 0 Å². The molecular formula is C17H17ClN4O2. The molecule has 1 unspecified atom stereocenters. The Labute approximate surface area is 143 Å². The minimum absolute atomic E-state index is 0.191. The second kappa shape index (κ2) is 6.41. The number of H-pyrrole nitrogens is 2. The predicted octanol–water partition coefficient (Wildman–Crippen LogP) is 3.26. The van der Waals surface area contributed by atoms with Crippen LogP contribution in [0, 0.1) is 6.92 Å². The highest BCUT2D eigenvalue weighted by Gasteiger charge is 2.13. The molecule has 0 aliphatic rings. The molecule has 1 amide bonds. The van der Waals surface area contributed by atoms with Crippen LogP contribution in [-0.2, 0) is 4.79 Å². The number of rotatable bonds is 4. The third kappa shape index (κ3) is 3.44. The number of aromatic amines is 2. The van der Waals surface area contributed by atoms with E-state index in [4.69, 9.17) is 11.6 Å². The molecule has 0 spiro atoms. The predicted molar refractivity (Wildman–Crippen MR) is 96.8 cm³/mol. The van der Waals surface area contributed by atoms with Gasteiger partial charge in [0.2, 0.25) is 5.91 Å². The van der Waals surface area contributed by atoms with Crippen LogP contribution in [0.15, 0.2) is 41.2 Å². The summed E-state index contributed by atoms with van der Waals surface area (Å²) in [6.45, 7) is 3.68. The fourth-order valence-corrected chi connectivity index (χ4v) is 2.54. The van der Waals surface area contributed by atoms with E-state index in [-0.39, 0.29) is 11.6 Å². The van der Waals surface area contributed by atoms with Crippen LogP contribution < -0.4 is 16.3 Å². The Kier molecular flexibility index (Phi) is 4.31. The quantitative estimate of drug-likeness (QED) is 0.585. The standard InChI is InChI=1S/C17H17ClN4O2/c1-9-3-4-11(7-13(9)18)19-10(2)16(23)20-12-5-6-14-15(8-12)22-17(24)21-14/h3-8,10,19H,1-2H3,(H,20,23)(H2,21,22,24). The van der Waals surface area contributed by atoms with Crippen molar-refractivity contribution < 1.29 is 4.79 Å². The molecule has 3 aromatic rings. The molecule has 0 bridgehead atoms. The maximum absolute atomic E-state index is 12.3. The van der Waals surface area contributed by atoms with Gasteiger partial charge < -0.3 is 20.6 Å². The van der Waals surface area contributed by atoms with Gasteiger partial charge >= 0.3 is 5.69 Å². The number of halogens is 1. The van der Waals surface area contributed by atoms with Gasteiger partial charge in [-0.15, -0.1) is 0 Å². The lowest BCUT2D eigenvalue weighted by molar-refractivity contribution is -0.116. The lowest BCUT2D eigenvalue weighted by Gasteiger charge is -2.16. The normalized spacial score (nSPS) is 12.1. The topological polar surface area (TPSA) is 89.8 Å². The Morgan fingerprint density at radius 2 is 1.79 bits per heavy atom. The Morgan fingerprint density at radius 3 is 2.54 bits per heavy atom. The molecule has 0 fully saturated rings. The molecule has 124 valence electrons. The van der Waals surface area contributed by atoms with Crippen molar-refractivity contribution in [1.82, 2.24) is 9.97 Å². The number of carbonyl (C=O) groups excluding carboxylic acids is 1. The first kappa shape index (κ1) is 16.1. The van der Waals surface area contributed by atoms with Crippen molar-refractivity contribution in [2.75, 3.05) is 10.6 Å². The van der Waals surface area contributed by atoms with Crippen LogP contribution >= 0.6 is 11.6 Å². The summed E-state index contributed by atoms with van der Waals surface area (Å²) in [4.78, 5) is 28.9. The first-order chi connectivity index (χ1) is 11.4. The van der Waals surface area contributed by atoms with Gasteiger partial charge in [-0.3, -0.25) is 4.79 Å². The highest BCUT2D eigenvalue weighted by atomic mass is 35.5. The second-order valence-corrected chi connectivity index (χ2v) is 6.07. The molecule has 6 nitrogen and oxygen atoms in total. The summed E-state index contributed by atoms with van der Waals surface area (Å²) in [7, 11) is 0. The Bertz CT molecular complexity index is 961. The van der Waals surface area contributed by atoms with E-state index < -0.39 is 6.04 Å². The van der Waals surface area contributed by atoms with Crippen LogP contribution in [-0.4, -0.2) is 21.9 Å². The summed E-state index contributed by atoms with van der Waals surface area (Å²) in [6, 6.07) is 10.3. The van der Waals surface area contributed by atoms with Crippen LogP contribution in [0.1, 0.15) is 12.5 Å². The zero-order valence-corrected chi connectivity index (χ0v) is 14.0. The largest absolute Gasteiger partial charge is 0.374 e. The minimum atomic E-state index is -0.454. The Balaban J connectivity index is 1.70. The van der Waals surface area contributed by atoms with E-state index in [2.05, 4.69) is 20.6 Å². The number of nitrogens with one attached hydrogen (secondary N) is 4. The fourth-order valence-electron chi connectivity index (χ4n) is 2.36. The molecule has 0 aliphatic heterocycles. The number of aromatic nitrogens is 2. The summed E-state index contributed by atoms with van der Waals surface area (Å²) in [6.07, 6.45) is 0. The fraction of sp³-hybridized carbons (Fsp3) is 0.176. The van der Waals surface area contributed by atoms with Crippen molar-refractivity contribution in [3.05, 3.63) is 57.5 Å². The van der Waals surface area contributed by atoms with Gasteiger partial charge in [-0.05, 0) is 49.7 Å². The number of fused-ring (bicyclic) bond motifs is 1.